The number of carbonyl (C=O) groups is 1. The second kappa shape index (κ2) is 8.48. The van der Waals surface area contributed by atoms with E-state index in [2.05, 4.69) is 22.0 Å². The third-order valence-corrected chi connectivity index (χ3v) is 7.98. The first-order chi connectivity index (χ1) is 15.3. The Labute approximate surface area is 195 Å². The Kier molecular flexibility index (Phi) is 5.88. The maximum atomic E-state index is 13.8. The molecule has 1 aromatic carbocycles. The first-order valence-corrected chi connectivity index (χ1v) is 11.6. The van der Waals surface area contributed by atoms with Crippen molar-refractivity contribution in [3.8, 4) is 6.07 Å². The van der Waals surface area contributed by atoms with Gasteiger partial charge in [-0.05, 0) is 53.4 Å². The van der Waals surface area contributed by atoms with Gasteiger partial charge in [-0.25, -0.2) is 4.39 Å². The van der Waals surface area contributed by atoms with Crippen molar-refractivity contribution >= 4 is 44.4 Å². The standard InChI is InChI=1S/C22H18BrFN4O3S/c1-2-18-13(23)9-19(32-18)20-12(10-25)22(26)27(15-4-3-5-17(29)21(15)20)14-7-6-11(24)8-16(14)28(30)31/h6-9,20H,2-5,26H2,1H3. The molecule has 1 unspecified atom stereocenters. The van der Waals surface area contributed by atoms with Crippen molar-refractivity contribution in [2.45, 2.75) is 38.5 Å². The highest BCUT2D eigenvalue weighted by Crippen LogP contribution is 2.49. The summed E-state index contributed by atoms with van der Waals surface area (Å²) in [4.78, 5) is 27.4. The fourth-order valence-corrected chi connectivity index (χ4v) is 6.32. The molecule has 0 spiro atoms. The van der Waals surface area contributed by atoms with Crippen LogP contribution in [0.4, 0.5) is 15.8 Å². The molecule has 0 amide bonds. The lowest BCUT2D eigenvalue weighted by molar-refractivity contribution is -0.384. The van der Waals surface area contributed by atoms with Gasteiger partial charge in [0, 0.05) is 31.9 Å². The Morgan fingerprint density at radius 1 is 1.41 bits per heavy atom. The van der Waals surface area contributed by atoms with Gasteiger partial charge in [-0.3, -0.25) is 19.8 Å². The predicted octanol–water partition coefficient (Wildman–Crippen LogP) is 5.43. The number of ketones is 1. The average Bonchev–Trinajstić information content (AvgIpc) is 3.13. The Morgan fingerprint density at radius 3 is 2.78 bits per heavy atom. The summed E-state index contributed by atoms with van der Waals surface area (Å²) in [7, 11) is 0. The number of hydrogen-bond acceptors (Lipinski definition) is 7. The van der Waals surface area contributed by atoms with Crippen molar-refractivity contribution < 1.29 is 14.1 Å². The SMILES string of the molecule is CCc1sc(C2C(C#N)=C(N)N(c3ccc(F)cc3[N+](=O)[O-])C3=C2C(=O)CCC3)cc1Br. The van der Waals surface area contributed by atoms with Crippen LogP contribution < -0.4 is 10.6 Å². The van der Waals surface area contributed by atoms with E-state index in [1.165, 1.54) is 22.3 Å². The number of carbonyl (C=O) groups excluding carboxylic acids is 1. The first-order valence-electron chi connectivity index (χ1n) is 9.96. The number of hydrogen-bond donors (Lipinski definition) is 1. The minimum absolute atomic E-state index is 0.0169. The van der Waals surface area contributed by atoms with E-state index in [1.807, 2.05) is 13.0 Å². The van der Waals surface area contributed by atoms with Crippen LogP contribution >= 0.6 is 27.3 Å². The van der Waals surface area contributed by atoms with Gasteiger partial charge in [0.15, 0.2) is 5.78 Å². The van der Waals surface area contributed by atoms with Crippen molar-refractivity contribution in [2.75, 3.05) is 4.90 Å². The highest BCUT2D eigenvalue weighted by Gasteiger charge is 2.42. The molecule has 164 valence electrons. The molecule has 0 bridgehead atoms. The fourth-order valence-electron chi connectivity index (χ4n) is 4.29. The molecule has 1 atom stereocenters. The van der Waals surface area contributed by atoms with Gasteiger partial charge in [-0.2, -0.15) is 5.26 Å². The van der Waals surface area contributed by atoms with E-state index in [-0.39, 0.29) is 22.9 Å². The lowest BCUT2D eigenvalue weighted by Gasteiger charge is -2.39. The Morgan fingerprint density at radius 2 is 2.16 bits per heavy atom. The summed E-state index contributed by atoms with van der Waals surface area (Å²) in [6.07, 6.45) is 2.12. The summed E-state index contributed by atoms with van der Waals surface area (Å²) < 4.78 is 14.7. The van der Waals surface area contributed by atoms with Gasteiger partial charge in [-0.15, -0.1) is 11.3 Å². The van der Waals surface area contributed by atoms with Crippen LogP contribution in [0, 0.1) is 27.3 Å². The number of Topliss-reactive ketones (excluding diaryl/α,β-unsaturated/α-hetero) is 1. The molecule has 32 heavy (non-hydrogen) atoms. The van der Waals surface area contributed by atoms with E-state index in [1.54, 1.807) is 0 Å². The molecule has 1 aromatic heterocycles. The van der Waals surface area contributed by atoms with Gasteiger partial charge in [0.1, 0.15) is 17.3 Å². The number of aryl methyl sites for hydroxylation is 1. The van der Waals surface area contributed by atoms with Crippen LogP contribution in [0.2, 0.25) is 0 Å². The van der Waals surface area contributed by atoms with E-state index in [4.69, 9.17) is 5.73 Å². The third-order valence-electron chi connectivity index (χ3n) is 5.67. The van der Waals surface area contributed by atoms with Crippen LogP contribution in [0.3, 0.4) is 0 Å². The number of anilines is 1. The first kappa shape index (κ1) is 22.2. The summed E-state index contributed by atoms with van der Waals surface area (Å²) in [5.74, 6) is -1.50. The zero-order chi connectivity index (χ0) is 23.2. The summed E-state index contributed by atoms with van der Waals surface area (Å²) >= 11 is 5.04. The van der Waals surface area contributed by atoms with Crippen molar-refractivity contribution in [1.29, 1.82) is 5.26 Å². The zero-order valence-corrected chi connectivity index (χ0v) is 19.4. The highest BCUT2D eigenvalue weighted by molar-refractivity contribution is 9.10. The lowest BCUT2D eigenvalue weighted by atomic mass is 9.78. The van der Waals surface area contributed by atoms with E-state index in [9.17, 15) is 24.6 Å². The number of nitriles is 1. The number of halogens is 2. The van der Waals surface area contributed by atoms with Crippen molar-refractivity contribution in [3.05, 3.63) is 77.1 Å². The number of benzene rings is 1. The van der Waals surface area contributed by atoms with Gasteiger partial charge in [0.05, 0.1) is 28.5 Å². The topological polar surface area (TPSA) is 113 Å². The number of allylic oxidation sites excluding steroid dienone is 3. The monoisotopic (exact) mass is 516 g/mol. The van der Waals surface area contributed by atoms with Crippen LogP contribution in [-0.4, -0.2) is 10.7 Å². The molecule has 0 saturated heterocycles. The summed E-state index contributed by atoms with van der Waals surface area (Å²) in [6, 6.07) is 7.22. The molecule has 10 heteroatoms. The molecule has 2 N–H and O–H groups in total. The molecular formula is C22H18BrFN4O3S. The third kappa shape index (κ3) is 3.51. The average molecular weight is 517 g/mol. The molecule has 2 heterocycles. The molecular weight excluding hydrogens is 499 g/mol. The van der Waals surface area contributed by atoms with Gasteiger partial charge in [0.25, 0.3) is 5.69 Å². The Hall–Kier alpha value is -3.03. The van der Waals surface area contributed by atoms with E-state index < -0.39 is 22.3 Å². The molecule has 7 nitrogen and oxygen atoms in total. The minimum Gasteiger partial charge on any atom is -0.384 e. The zero-order valence-electron chi connectivity index (χ0n) is 17.0. The van der Waals surface area contributed by atoms with Crippen molar-refractivity contribution in [3.63, 3.8) is 0 Å². The summed E-state index contributed by atoms with van der Waals surface area (Å²) in [5.41, 5.74) is 7.09. The van der Waals surface area contributed by atoms with Crippen LogP contribution in [0.1, 0.15) is 41.9 Å². The second-order valence-corrected chi connectivity index (χ2v) is 9.50. The van der Waals surface area contributed by atoms with E-state index >= 15 is 0 Å². The highest BCUT2D eigenvalue weighted by atomic mass is 79.9. The molecule has 1 aliphatic carbocycles. The van der Waals surface area contributed by atoms with Crippen molar-refractivity contribution in [1.82, 2.24) is 0 Å². The normalized spacial score (nSPS) is 18.6. The maximum Gasteiger partial charge on any atom is 0.296 e. The quantitative estimate of drug-likeness (QED) is 0.428. The minimum atomic E-state index is -0.761. The molecule has 0 radical (unpaired) electrons. The number of nitrogens with zero attached hydrogens (tertiary/aromatic N) is 3. The number of rotatable bonds is 4. The van der Waals surface area contributed by atoms with Gasteiger partial charge in [0.2, 0.25) is 0 Å². The molecule has 1 aliphatic heterocycles. The van der Waals surface area contributed by atoms with Crippen LogP contribution in [0.15, 0.2) is 51.4 Å². The van der Waals surface area contributed by atoms with Gasteiger partial charge in [-0.1, -0.05) is 6.92 Å². The Bertz CT molecular complexity index is 1260. The predicted molar refractivity (Wildman–Crippen MR) is 122 cm³/mol. The molecule has 0 fully saturated rings. The van der Waals surface area contributed by atoms with E-state index in [0.717, 1.165) is 32.8 Å². The number of nitro groups is 1. The molecule has 2 aliphatic rings. The fraction of sp³-hybridized carbons (Fsp3) is 0.273. The Balaban J connectivity index is 2.00. The van der Waals surface area contributed by atoms with Crippen molar-refractivity contribution in [2.24, 2.45) is 5.73 Å². The smallest absolute Gasteiger partial charge is 0.296 e. The second-order valence-electron chi connectivity index (χ2n) is 7.48. The van der Waals surface area contributed by atoms with Crippen LogP contribution in [0.25, 0.3) is 0 Å². The lowest BCUT2D eigenvalue weighted by Crippen LogP contribution is -2.38. The largest absolute Gasteiger partial charge is 0.384 e. The maximum absolute atomic E-state index is 13.8. The number of thiophene rings is 1. The van der Waals surface area contributed by atoms with Gasteiger partial charge < -0.3 is 5.73 Å². The molecule has 0 saturated carbocycles. The van der Waals surface area contributed by atoms with Gasteiger partial charge >= 0.3 is 0 Å². The number of nitro benzene ring substituents is 1. The molecule has 4 rings (SSSR count). The summed E-state index contributed by atoms with van der Waals surface area (Å²) in [5, 5.41) is 21.7. The van der Waals surface area contributed by atoms with E-state index in [0.29, 0.717) is 30.5 Å². The van der Waals surface area contributed by atoms with Crippen LogP contribution in [-0.2, 0) is 11.2 Å². The van der Waals surface area contributed by atoms with Crippen LogP contribution in [0.5, 0.6) is 0 Å². The molecule has 2 aromatic rings. The number of nitrogens with two attached hydrogens (primary N) is 1. The summed E-state index contributed by atoms with van der Waals surface area (Å²) in [6.45, 7) is 2.02.